The molecule has 4 heteroatoms. The van der Waals surface area contributed by atoms with Gasteiger partial charge in [-0.2, -0.15) is 0 Å². The zero-order valence-corrected chi connectivity index (χ0v) is 10.9. The van der Waals surface area contributed by atoms with Gasteiger partial charge >= 0.3 is 0 Å². The highest BCUT2D eigenvalue weighted by atomic mass is 19.1. The molecule has 1 aromatic carbocycles. The smallest absolute Gasteiger partial charge is 0.219 e. The number of carbonyl (C=O) groups is 1. The third-order valence-corrected chi connectivity index (χ3v) is 3.42. The summed E-state index contributed by atoms with van der Waals surface area (Å²) < 4.78 is 13.6. The van der Waals surface area contributed by atoms with Gasteiger partial charge < -0.3 is 10.2 Å². The van der Waals surface area contributed by atoms with E-state index in [1.54, 1.807) is 13.0 Å². The van der Waals surface area contributed by atoms with Crippen molar-refractivity contribution in [2.45, 2.75) is 32.7 Å². The van der Waals surface area contributed by atoms with Gasteiger partial charge in [-0.3, -0.25) is 4.79 Å². The summed E-state index contributed by atoms with van der Waals surface area (Å²) in [7, 11) is 0. The van der Waals surface area contributed by atoms with Crippen LogP contribution in [0.15, 0.2) is 18.2 Å². The monoisotopic (exact) mass is 250 g/mol. The number of amides is 1. The largest absolute Gasteiger partial charge is 0.380 e. The molecule has 2 rings (SSSR count). The molecule has 1 heterocycles. The third kappa shape index (κ3) is 3.00. The fraction of sp³-hybridized carbons (Fsp3) is 0.500. The van der Waals surface area contributed by atoms with Gasteiger partial charge in [0.05, 0.1) is 5.69 Å². The number of halogens is 1. The number of hydrogen-bond acceptors (Lipinski definition) is 2. The van der Waals surface area contributed by atoms with Crippen LogP contribution in [-0.4, -0.2) is 29.9 Å². The highest BCUT2D eigenvalue weighted by molar-refractivity contribution is 5.73. The molecule has 0 saturated carbocycles. The molecular weight excluding hydrogens is 231 g/mol. The van der Waals surface area contributed by atoms with Gasteiger partial charge in [0.1, 0.15) is 5.82 Å². The van der Waals surface area contributed by atoms with Crippen LogP contribution in [0.4, 0.5) is 10.1 Å². The van der Waals surface area contributed by atoms with Crippen LogP contribution in [0.5, 0.6) is 0 Å². The van der Waals surface area contributed by atoms with Gasteiger partial charge in [0, 0.05) is 26.1 Å². The SMILES string of the molecule is CC(=O)N1CCC(Nc2cc(C)ccc2F)CC1. The van der Waals surface area contributed by atoms with E-state index in [0.717, 1.165) is 31.5 Å². The number of nitrogens with one attached hydrogen (secondary N) is 1. The summed E-state index contributed by atoms with van der Waals surface area (Å²) in [4.78, 5) is 13.0. The Morgan fingerprint density at radius 1 is 1.39 bits per heavy atom. The standard InChI is InChI=1S/C14H19FN2O/c1-10-3-4-13(15)14(9-10)16-12-5-7-17(8-6-12)11(2)18/h3-4,9,12,16H,5-8H2,1-2H3. The predicted molar refractivity (Wildman–Crippen MR) is 70.0 cm³/mol. The van der Waals surface area contributed by atoms with Gasteiger partial charge in [0.25, 0.3) is 0 Å². The average Bonchev–Trinajstić information content (AvgIpc) is 2.34. The fourth-order valence-electron chi connectivity index (χ4n) is 2.31. The number of nitrogens with zero attached hydrogens (tertiary/aromatic N) is 1. The van der Waals surface area contributed by atoms with E-state index >= 15 is 0 Å². The molecule has 1 aliphatic heterocycles. The number of hydrogen-bond donors (Lipinski definition) is 1. The van der Waals surface area contributed by atoms with Gasteiger partial charge in [-0.15, -0.1) is 0 Å². The lowest BCUT2D eigenvalue weighted by Crippen LogP contribution is -2.41. The minimum atomic E-state index is -0.213. The zero-order valence-electron chi connectivity index (χ0n) is 10.9. The molecule has 0 bridgehead atoms. The lowest BCUT2D eigenvalue weighted by atomic mass is 10.0. The maximum absolute atomic E-state index is 13.6. The summed E-state index contributed by atoms with van der Waals surface area (Å²) in [5.74, 6) is -0.0928. The Morgan fingerprint density at radius 3 is 2.67 bits per heavy atom. The summed E-state index contributed by atoms with van der Waals surface area (Å²) >= 11 is 0. The van der Waals surface area contributed by atoms with Gasteiger partial charge in [-0.05, 0) is 37.5 Å². The molecule has 1 fully saturated rings. The Balaban J connectivity index is 1.95. The Kier molecular flexibility index (Phi) is 3.84. The van der Waals surface area contributed by atoms with Crippen LogP contribution < -0.4 is 5.32 Å². The molecule has 1 saturated heterocycles. The highest BCUT2D eigenvalue weighted by Crippen LogP contribution is 2.20. The normalized spacial score (nSPS) is 16.7. The molecule has 0 aliphatic carbocycles. The Hall–Kier alpha value is -1.58. The van der Waals surface area contributed by atoms with Crippen molar-refractivity contribution in [3.63, 3.8) is 0 Å². The quantitative estimate of drug-likeness (QED) is 0.875. The molecule has 1 aliphatic rings. The summed E-state index contributed by atoms with van der Waals surface area (Å²) in [5, 5.41) is 3.24. The summed E-state index contributed by atoms with van der Waals surface area (Å²) in [6, 6.07) is 5.32. The predicted octanol–water partition coefficient (Wildman–Crippen LogP) is 2.56. The van der Waals surface area contributed by atoms with Crippen molar-refractivity contribution in [1.82, 2.24) is 4.90 Å². The molecule has 1 amide bonds. The van der Waals surface area contributed by atoms with Gasteiger partial charge in [0.15, 0.2) is 0 Å². The maximum atomic E-state index is 13.6. The number of piperidine rings is 1. The molecule has 98 valence electrons. The molecule has 0 unspecified atom stereocenters. The molecule has 18 heavy (non-hydrogen) atoms. The third-order valence-electron chi connectivity index (χ3n) is 3.42. The lowest BCUT2D eigenvalue weighted by molar-refractivity contribution is -0.129. The van der Waals surface area contributed by atoms with Crippen molar-refractivity contribution >= 4 is 11.6 Å². The van der Waals surface area contributed by atoms with E-state index in [4.69, 9.17) is 0 Å². The van der Waals surface area contributed by atoms with Crippen LogP contribution in [0, 0.1) is 12.7 Å². The Morgan fingerprint density at radius 2 is 2.06 bits per heavy atom. The number of carbonyl (C=O) groups excluding carboxylic acids is 1. The lowest BCUT2D eigenvalue weighted by Gasteiger charge is -2.32. The topological polar surface area (TPSA) is 32.3 Å². The van der Waals surface area contributed by atoms with Gasteiger partial charge in [-0.1, -0.05) is 6.07 Å². The number of rotatable bonds is 2. The van der Waals surface area contributed by atoms with E-state index in [1.807, 2.05) is 17.9 Å². The summed E-state index contributed by atoms with van der Waals surface area (Å²) in [6.07, 6.45) is 1.74. The van der Waals surface area contributed by atoms with E-state index in [9.17, 15) is 9.18 Å². The number of anilines is 1. The van der Waals surface area contributed by atoms with E-state index in [-0.39, 0.29) is 17.8 Å². The van der Waals surface area contributed by atoms with Crippen molar-refractivity contribution < 1.29 is 9.18 Å². The van der Waals surface area contributed by atoms with Crippen LogP contribution >= 0.6 is 0 Å². The highest BCUT2D eigenvalue weighted by Gasteiger charge is 2.21. The molecule has 0 aromatic heterocycles. The minimum Gasteiger partial charge on any atom is -0.380 e. The van der Waals surface area contributed by atoms with Crippen LogP contribution in [0.1, 0.15) is 25.3 Å². The molecule has 1 aromatic rings. The molecule has 3 nitrogen and oxygen atoms in total. The number of aryl methyl sites for hydroxylation is 1. The Bertz CT molecular complexity index is 439. The van der Waals surface area contributed by atoms with Crippen LogP contribution in [0.2, 0.25) is 0 Å². The van der Waals surface area contributed by atoms with E-state index < -0.39 is 0 Å². The second-order valence-electron chi connectivity index (χ2n) is 4.91. The molecule has 1 N–H and O–H groups in total. The van der Waals surface area contributed by atoms with Crippen molar-refractivity contribution in [2.24, 2.45) is 0 Å². The molecule has 0 atom stereocenters. The van der Waals surface area contributed by atoms with E-state index in [2.05, 4.69) is 5.32 Å². The first-order valence-corrected chi connectivity index (χ1v) is 6.34. The zero-order chi connectivity index (χ0) is 13.1. The number of benzene rings is 1. The first kappa shape index (κ1) is 12.9. The summed E-state index contributed by atoms with van der Waals surface area (Å²) in [6.45, 7) is 5.04. The van der Waals surface area contributed by atoms with Gasteiger partial charge in [0.2, 0.25) is 5.91 Å². The second kappa shape index (κ2) is 5.38. The van der Waals surface area contributed by atoms with Crippen molar-refractivity contribution in [2.75, 3.05) is 18.4 Å². The average molecular weight is 250 g/mol. The van der Waals surface area contributed by atoms with Crippen LogP contribution in [0.3, 0.4) is 0 Å². The van der Waals surface area contributed by atoms with E-state index in [0.29, 0.717) is 5.69 Å². The first-order chi connectivity index (χ1) is 8.56. The van der Waals surface area contributed by atoms with Crippen molar-refractivity contribution in [3.05, 3.63) is 29.6 Å². The first-order valence-electron chi connectivity index (χ1n) is 6.34. The van der Waals surface area contributed by atoms with Crippen LogP contribution in [0.25, 0.3) is 0 Å². The van der Waals surface area contributed by atoms with Gasteiger partial charge in [-0.25, -0.2) is 4.39 Å². The Labute approximate surface area is 107 Å². The van der Waals surface area contributed by atoms with Crippen molar-refractivity contribution in [3.8, 4) is 0 Å². The minimum absolute atomic E-state index is 0.121. The fourth-order valence-corrected chi connectivity index (χ4v) is 2.31. The molecule has 0 spiro atoms. The maximum Gasteiger partial charge on any atom is 0.219 e. The second-order valence-corrected chi connectivity index (χ2v) is 4.91. The molecule has 0 radical (unpaired) electrons. The van der Waals surface area contributed by atoms with Crippen molar-refractivity contribution in [1.29, 1.82) is 0 Å². The number of likely N-dealkylation sites (tertiary alicyclic amines) is 1. The van der Waals surface area contributed by atoms with E-state index in [1.165, 1.54) is 6.07 Å². The molecular formula is C14H19FN2O. The van der Waals surface area contributed by atoms with Crippen LogP contribution in [-0.2, 0) is 4.79 Å². The summed E-state index contributed by atoms with van der Waals surface area (Å²) in [5.41, 5.74) is 1.61.